The minimum absolute atomic E-state index is 0.0743. The van der Waals surface area contributed by atoms with Crippen molar-refractivity contribution in [1.29, 1.82) is 0 Å². The molecule has 1 aromatic heterocycles. The van der Waals surface area contributed by atoms with Crippen LogP contribution in [0.15, 0.2) is 10.5 Å². The van der Waals surface area contributed by atoms with Gasteiger partial charge < -0.3 is 9.73 Å². The number of rotatable bonds is 5. The zero-order valence-electron chi connectivity index (χ0n) is 10.3. The molecule has 0 spiro atoms. The van der Waals surface area contributed by atoms with E-state index in [1.807, 2.05) is 19.9 Å². The lowest BCUT2D eigenvalue weighted by Crippen LogP contribution is -2.17. The second-order valence-corrected chi connectivity index (χ2v) is 4.22. The van der Waals surface area contributed by atoms with Crippen molar-refractivity contribution >= 4 is 0 Å². The molecule has 0 aromatic carbocycles. The first-order valence-electron chi connectivity index (χ1n) is 5.64. The first-order valence-corrected chi connectivity index (χ1v) is 5.64. The lowest BCUT2D eigenvalue weighted by molar-refractivity contribution is -0.135. The van der Waals surface area contributed by atoms with Crippen molar-refractivity contribution in [2.24, 2.45) is 0 Å². The van der Waals surface area contributed by atoms with Gasteiger partial charge in [0, 0.05) is 18.0 Å². The number of nitrogens with one attached hydrogen (secondary N) is 1. The van der Waals surface area contributed by atoms with Crippen LogP contribution in [0.4, 0.5) is 13.2 Å². The molecule has 1 aromatic rings. The quantitative estimate of drug-likeness (QED) is 0.856. The Bertz CT molecular complexity index is 357. The van der Waals surface area contributed by atoms with Gasteiger partial charge in [-0.15, -0.1) is 0 Å². The molecule has 1 unspecified atom stereocenters. The highest BCUT2D eigenvalue weighted by Gasteiger charge is 2.27. The SMILES string of the molecule is CNC(CCCC(F)(F)F)c1cc(C)oc1C. The Morgan fingerprint density at radius 3 is 2.41 bits per heavy atom. The summed E-state index contributed by atoms with van der Waals surface area (Å²) in [5, 5.41) is 3.03. The summed E-state index contributed by atoms with van der Waals surface area (Å²) in [6.45, 7) is 3.66. The van der Waals surface area contributed by atoms with Gasteiger partial charge in [-0.2, -0.15) is 13.2 Å². The number of hydrogen-bond donors (Lipinski definition) is 1. The zero-order valence-corrected chi connectivity index (χ0v) is 10.3. The van der Waals surface area contributed by atoms with Gasteiger partial charge in [0.1, 0.15) is 11.5 Å². The lowest BCUT2D eigenvalue weighted by Gasteiger charge is -2.16. The van der Waals surface area contributed by atoms with Crippen LogP contribution in [0.2, 0.25) is 0 Å². The van der Waals surface area contributed by atoms with Crippen LogP contribution in [0.5, 0.6) is 0 Å². The Kier molecular flexibility index (Phi) is 4.62. The van der Waals surface area contributed by atoms with E-state index in [4.69, 9.17) is 4.42 Å². The van der Waals surface area contributed by atoms with E-state index in [1.54, 1.807) is 7.05 Å². The molecule has 0 radical (unpaired) electrons. The molecule has 0 bridgehead atoms. The van der Waals surface area contributed by atoms with Crippen LogP contribution in [0, 0.1) is 13.8 Å². The molecule has 1 rings (SSSR count). The van der Waals surface area contributed by atoms with Crippen molar-refractivity contribution in [3.63, 3.8) is 0 Å². The molecule has 1 N–H and O–H groups in total. The second kappa shape index (κ2) is 5.58. The first-order chi connectivity index (χ1) is 7.83. The van der Waals surface area contributed by atoms with Crippen molar-refractivity contribution in [3.8, 4) is 0 Å². The van der Waals surface area contributed by atoms with Gasteiger partial charge in [-0.1, -0.05) is 0 Å². The smallest absolute Gasteiger partial charge is 0.389 e. The molecule has 1 atom stereocenters. The highest BCUT2D eigenvalue weighted by atomic mass is 19.4. The Morgan fingerprint density at radius 2 is 2.00 bits per heavy atom. The standard InChI is InChI=1S/C12H18F3NO/c1-8-7-10(9(2)17-8)11(16-3)5-4-6-12(13,14)15/h7,11,16H,4-6H2,1-3H3. The third-order valence-corrected chi connectivity index (χ3v) is 2.76. The summed E-state index contributed by atoms with van der Waals surface area (Å²) in [6, 6.07) is 1.80. The Hall–Kier alpha value is -0.970. The third-order valence-electron chi connectivity index (χ3n) is 2.76. The van der Waals surface area contributed by atoms with E-state index in [2.05, 4.69) is 5.32 Å². The molecule has 0 fully saturated rings. The molecule has 0 saturated heterocycles. The number of hydrogen-bond acceptors (Lipinski definition) is 2. The molecule has 2 nitrogen and oxygen atoms in total. The fraction of sp³-hybridized carbons (Fsp3) is 0.667. The van der Waals surface area contributed by atoms with Crippen LogP contribution in [0.3, 0.4) is 0 Å². The summed E-state index contributed by atoms with van der Waals surface area (Å²) in [5.41, 5.74) is 0.951. The van der Waals surface area contributed by atoms with Crippen LogP contribution < -0.4 is 5.32 Å². The normalized spacial score (nSPS) is 14.0. The predicted octanol–water partition coefficient (Wildman–Crippen LogP) is 3.89. The van der Waals surface area contributed by atoms with Gasteiger partial charge in [0.25, 0.3) is 0 Å². The zero-order chi connectivity index (χ0) is 13.1. The Morgan fingerprint density at radius 1 is 1.35 bits per heavy atom. The van der Waals surface area contributed by atoms with Crippen LogP contribution >= 0.6 is 0 Å². The van der Waals surface area contributed by atoms with E-state index in [-0.39, 0.29) is 12.5 Å². The van der Waals surface area contributed by atoms with Crippen LogP contribution in [0.1, 0.15) is 42.4 Å². The van der Waals surface area contributed by atoms with Gasteiger partial charge in [0.2, 0.25) is 0 Å². The topological polar surface area (TPSA) is 25.2 Å². The predicted molar refractivity (Wildman–Crippen MR) is 59.9 cm³/mol. The van der Waals surface area contributed by atoms with Gasteiger partial charge in [-0.05, 0) is 39.8 Å². The molecular formula is C12H18F3NO. The van der Waals surface area contributed by atoms with Crippen molar-refractivity contribution in [2.75, 3.05) is 7.05 Å². The summed E-state index contributed by atoms with van der Waals surface area (Å²) < 4.78 is 41.6. The van der Waals surface area contributed by atoms with Crippen molar-refractivity contribution in [2.45, 2.75) is 45.3 Å². The molecule has 0 saturated carbocycles. The monoisotopic (exact) mass is 249 g/mol. The van der Waals surface area contributed by atoms with Crippen LogP contribution in [0.25, 0.3) is 0 Å². The Labute approximate surface area is 99.2 Å². The number of aryl methyl sites for hydroxylation is 2. The molecule has 0 amide bonds. The van der Waals surface area contributed by atoms with E-state index in [0.29, 0.717) is 6.42 Å². The highest BCUT2D eigenvalue weighted by molar-refractivity contribution is 5.23. The third kappa shape index (κ3) is 4.42. The average molecular weight is 249 g/mol. The molecule has 0 aliphatic heterocycles. The largest absolute Gasteiger partial charge is 0.466 e. The molecule has 0 aliphatic rings. The summed E-state index contributed by atoms with van der Waals surface area (Å²) in [7, 11) is 1.75. The lowest BCUT2D eigenvalue weighted by atomic mass is 10.0. The van der Waals surface area contributed by atoms with E-state index in [9.17, 15) is 13.2 Å². The number of furan rings is 1. The molecule has 17 heavy (non-hydrogen) atoms. The highest BCUT2D eigenvalue weighted by Crippen LogP contribution is 2.28. The van der Waals surface area contributed by atoms with Crippen LogP contribution in [-0.4, -0.2) is 13.2 Å². The van der Waals surface area contributed by atoms with Gasteiger partial charge in [0.15, 0.2) is 0 Å². The maximum atomic E-state index is 12.1. The summed E-state index contributed by atoms with van der Waals surface area (Å²) in [5.74, 6) is 1.56. The molecule has 0 aliphatic carbocycles. The van der Waals surface area contributed by atoms with E-state index in [0.717, 1.165) is 17.1 Å². The van der Waals surface area contributed by atoms with Gasteiger partial charge >= 0.3 is 6.18 Å². The van der Waals surface area contributed by atoms with E-state index in [1.165, 1.54) is 0 Å². The average Bonchev–Trinajstić information content (AvgIpc) is 2.51. The Balaban J connectivity index is 2.57. The number of halogens is 3. The number of alkyl halides is 3. The van der Waals surface area contributed by atoms with Gasteiger partial charge in [-0.3, -0.25) is 0 Å². The maximum Gasteiger partial charge on any atom is 0.389 e. The van der Waals surface area contributed by atoms with E-state index >= 15 is 0 Å². The molecular weight excluding hydrogens is 231 g/mol. The fourth-order valence-electron chi connectivity index (χ4n) is 1.96. The minimum Gasteiger partial charge on any atom is -0.466 e. The van der Waals surface area contributed by atoms with E-state index < -0.39 is 12.6 Å². The van der Waals surface area contributed by atoms with Gasteiger partial charge in [-0.25, -0.2) is 0 Å². The van der Waals surface area contributed by atoms with Crippen molar-refractivity contribution in [3.05, 3.63) is 23.2 Å². The molecule has 98 valence electrons. The van der Waals surface area contributed by atoms with Crippen molar-refractivity contribution in [1.82, 2.24) is 5.32 Å². The minimum atomic E-state index is -4.07. The maximum absolute atomic E-state index is 12.1. The second-order valence-electron chi connectivity index (χ2n) is 4.22. The molecule has 1 heterocycles. The van der Waals surface area contributed by atoms with Gasteiger partial charge in [0.05, 0.1) is 0 Å². The fourth-order valence-corrected chi connectivity index (χ4v) is 1.96. The van der Waals surface area contributed by atoms with Crippen LogP contribution in [-0.2, 0) is 0 Å². The van der Waals surface area contributed by atoms with Crippen molar-refractivity contribution < 1.29 is 17.6 Å². The first kappa shape index (κ1) is 14.1. The summed E-state index contributed by atoms with van der Waals surface area (Å²) in [4.78, 5) is 0. The molecule has 5 heteroatoms. The summed E-state index contributed by atoms with van der Waals surface area (Å²) >= 11 is 0. The summed E-state index contributed by atoms with van der Waals surface area (Å²) in [6.07, 6.45) is -4.23.